The molecule has 0 aliphatic rings. The van der Waals surface area contributed by atoms with Crippen LogP contribution in [0.15, 0.2) is 41.3 Å². The van der Waals surface area contributed by atoms with Gasteiger partial charge in [-0.15, -0.1) is 0 Å². The summed E-state index contributed by atoms with van der Waals surface area (Å²) in [6, 6.07) is 9.98. The number of rotatable bonds is 8. The first kappa shape index (κ1) is 21.9. The van der Waals surface area contributed by atoms with E-state index in [4.69, 9.17) is 11.5 Å². The number of nitrogens with one attached hydrogen (secondary N) is 2. The number of benzene rings is 2. The molecule has 0 aliphatic carbocycles. The van der Waals surface area contributed by atoms with E-state index in [1.807, 2.05) is 26.8 Å². The number of para-hydroxylation sites is 1. The van der Waals surface area contributed by atoms with Crippen molar-refractivity contribution in [2.75, 3.05) is 17.6 Å². The zero-order valence-corrected chi connectivity index (χ0v) is 18.2. The van der Waals surface area contributed by atoms with Gasteiger partial charge in [0.1, 0.15) is 11.1 Å². The molecule has 0 unspecified atom stereocenters. The van der Waals surface area contributed by atoms with E-state index in [1.165, 1.54) is 12.1 Å². The molecule has 0 radical (unpaired) electrons. The quantitative estimate of drug-likeness (QED) is 0.344. The van der Waals surface area contributed by atoms with E-state index >= 15 is 0 Å². The molecular formula is C21H29N5O3S. The number of nitrogens with two attached hydrogens (primary N) is 2. The second-order valence-corrected chi connectivity index (χ2v) is 10.1. The maximum atomic E-state index is 13.4. The zero-order chi connectivity index (χ0) is 22.1. The van der Waals surface area contributed by atoms with Gasteiger partial charge in [-0.2, -0.15) is 0 Å². The lowest BCUT2D eigenvalue weighted by Crippen LogP contribution is -2.34. The minimum absolute atomic E-state index is 0.0502. The fourth-order valence-electron chi connectivity index (χ4n) is 3.42. The van der Waals surface area contributed by atoms with Gasteiger partial charge in [0.05, 0.1) is 21.6 Å². The van der Waals surface area contributed by atoms with Gasteiger partial charge in [-0.05, 0) is 54.6 Å². The molecule has 2 atom stereocenters. The molecule has 0 saturated carbocycles. The highest BCUT2D eigenvalue weighted by molar-refractivity contribution is 7.92. The van der Waals surface area contributed by atoms with E-state index in [0.717, 1.165) is 5.56 Å². The Balaban J connectivity index is 1.96. The third-order valence-corrected chi connectivity index (χ3v) is 7.37. The number of hydrogen-bond acceptors (Lipinski definition) is 7. The highest BCUT2D eigenvalue weighted by atomic mass is 32.2. The van der Waals surface area contributed by atoms with Crippen molar-refractivity contribution in [2.45, 2.75) is 37.5 Å². The summed E-state index contributed by atoms with van der Waals surface area (Å²) in [4.78, 5) is 7.14. The van der Waals surface area contributed by atoms with Gasteiger partial charge < -0.3 is 26.9 Å². The van der Waals surface area contributed by atoms with Crippen molar-refractivity contribution in [3.05, 3.63) is 42.0 Å². The van der Waals surface area contributed by atoms with E-state index in [2.05, 4.69) is 15.3 Å². The average Bonchev–Trinajstić information content (AvgIpc) is 3.07. The Morgan fingerprint density at radius 1 is 1.20 bits per heavy atom. The van der Waals surface area contributed by atoms with E-state index in [0.29, 0.717) is 29.7 Å². The van der Waals surface area contributed by atoms with Crippen LogP contribution in [0.3, 0.4) is 0 Å². The molecule has 0 saturated heterocycles. The maximum Gasteiger partial charge on any atom is 0.199 e. The SMILES string of the molecule is CC(C)[C@@H](Nc1cccc(C[C@@H](C)CN)c1O)S(=O)(=O)c1ccc2[nH]c(N)nc2c1. The molecule has 7 N–H and O–H groups in total. The monoisotopic (exact) mass is 431 g/mol. The van der Waals surface area contributed by atoms with Crippen molar-refractivity contribution in [1.82, 2.24) is 9.97 Å². The number of aromatic amines is 1. The summed E-state index contributed by atoms with van der Waals surface area (Å²) in [6.45, 7) is 6.13. The largest absolute Gasteiger partial charge is 0.505 e. The van der Waals surface area contributed by atoms with E-state index in [1.54, 1.807) is 18.2 Å². The van der Waals surface area contributed by atoms with Crippen LogP contribution in [0.25, 0.3) is 11.0 Å². The third kappa shape index (κ3) is 4.36. The summed E-state index contributed by atoms with van der Waals surface area (Å²) >= 11 is 0. The summed E-state index contributed by atoms with van der Waals surface area (Å²) in [6.07, 6.45) is 0.605. The molecule has 30 heavy (non-hydrogen) atoms. The van der Waals surface area contributed by atoms with Gasteiger partial charge in [-0.1, -0.05) is 32.9 Å². The van der Waals surface area contributed by atoms with Gasteiger partial charge in [-0.25, -0.2) is 13.4 Å². The van der Waals surface area contributed by atoms with Crippen molar-refractivity contribution in [2.24, 2.45) is 17.6 Å². The molecule has 0 amide bonds. The Kier molecular flexibility index (Phi) is 6.23. The minimum atomic E-state index is -3.77. The molecule has 0 fully saturated rings. The molecular weight excluding hydrogens is 402 g/mol. The number of phenolic OH excluding ortho intramolecular Hbond substituents is 1. The van der Waals surface area contributed by atoms with Gasteiger partial charge in [0.15, 0.2) is 15.8 Å². The molecule has 8 nitrogen and oxygen atoms in total. The standard InChI is InChI=1S/C21H29N5O3S/c1-12(2)20(24-17-6-4-5-14(19(17)27)9-13(3)11-22)30(28,29)15-7-8-16-18(10-15)26-21(23)25-16/h4-8,10,12-13,20,24,27H,9,11,22H2,1-3H3,(H3,23,25,26)/t13-,20+/m1/s1. The molecule has 3 aromatic rings. The van der Waals surface area contributed by atoms with Crippen LogP contribution >= 0.6 is 0 Å². The summed E-state index contributed by atoms with van der Waals surface area (Å²) in [5.41, 5.74) is 13.6. The van der Waals surface area contributed by atoms with Gasteiger partial charge in [0.2, 0.25) is 0 Å². The average molecular weight is 432 g/mol. The van der Waals surface area contributed by atoms with Gasteiger partial charge in [0.25, 0.3) is 0 Å². The number of H-pyrrole nitrogens is 1. The number of nitrogens with zero attached hydrogens (tertiary/aromatic N) is 1. The molecule has 0 bridgehead atoms. The van der Waals surface area contributed by atoms with Crippen molar-refractivity contribution in [3.63, 3.8) is 0 Å². The topological polar surface area (TPSA) is 147 Å². The Morgan fingerprint density at radius 2 is 1.93 bits per heavy atom. The van der Waals surface area contributed by atoms with Crippen molar-refractivity contribution < 1.29 is 13.5 Å². The van der Waals surface area contributed by atoms with Crippen LogP contribution in [0.5, 0.6) is 5.75 Å². The number of hydrogen-bond donors (Lipinski definition) is 5. The Hall–Kier alpha value is -2.78. The number of phenols is 1. The third-order valence-electron chi connectivity index (χ3n) is 5.13. The van der Waals surface area contributed by atoms with E-state index in [-0.39, 0.29) is 28.4 Å². The van der Waals surface area contributed by atoms with Crippen LogP contribution in [0, 0.1) is 11.8 Å². The number of sulfone groups is 1. The molecule has 3 rings (SSSR count). The molecule has 9 heteroatoms. The Bertz CT molecular complexity index is 1140. The van der Waals surface area contributed by atoms with Crippen LogP contribution in [0.2, 0.25) is 0 Å². The second-order valence-electron chi connectivity index (χ2n) is 8.01. The number of aromatic hydroxyl groups is 1. The van der Waals surface area contributed by atoms with E-state index < -0.39 is 15.2 Å². The molecule has 2 aromatic carbocycles. The lowest BCUT2D eigenvalue weighted by Gasteiger charge is -2.25. The fourth-order valence-corrected chi connectivity index (χ4v) is 5.24. The van der Waals surface area contributed by atoms with Crippen LogP contribution in [-0.4, -0.2) is 35.4 Å². The second kappa shape index (κ2) is 8.53. The molecule has 1 aromatic heterocycles. The van der Waals surface area contributed by atoms with E-state index in [9.17, 15) is 13.5 Å². The Labute approximate surface area is 176 Å². The minimum Gasteiger partial charge on any atom is -0.505 e. The highest BCUT2D eigenvalue weighted by Gasteiger charge is 2.31. The summed E-state index contributed by atoms with van der Waals surface area (Å²) in [7, 11) is -3.77. The summed E-state index contributed by atoms with van der Waals surface area (Å²) in [5, 5.41) is 12.8. The first-order chi connectivity index (χ1) is 14.1. The fraction of sp³-hybridized carbons (Fsp3) is 0.381. The van der Waals surface area contributed by atoms with Gasteiger partial charge in [-0.3, -0.25) is 0 Å². The predicted octanol–water partition coefficient (Wildman–Crippen LogP) is 2.86. The van der Waals surface area contributed by atoms with Crippen molar-refractivity contribution in [1.29, 1.82) is 0 Å². The summed E-state index contributed by atoms with van der Waals surface area (Å²) < 4.78 is 26.8. The molecule has 1 heterocycles. The lowest BCUT2D eigenvalue weighted by atomic mass is 10.00. The number of nitrogen functional groups attached to an aromatic ring is 1. The molecule has 162 valence electrons. The van der Waals surface area contributed by atoms with Gasteiger partial charge >= 0.3 is 0 Å². The smallest absolute Gasteiger partial charge is 0.199 e. The molecule has 0 spiro atoms. The highest BCUT2D eigenvalue weighted by Crippen LogP contribution is 2.33. The number of anilines is 2. The van der Waals surface area contributed by atoms with Gasteiger partial charge in [0, 0.05) is 0 Å². The predicted molar refractivity (Wildman–Crippen MR) is 120 cm³/mol. The van der Waals surface area contributed by atoms with Crippen LogP contribution in [0.1, 0.15) is 26.3 Å². The number of imidazole rings is 1. The van der Waals surface area contributed by atoms with Crippen molar-refractivity contribution >= 4 is 32.5 Å². The first-order valence-corrected chi connectivity index (χ1v) is 11.4. The van der Waals surface area contributed by atoms with Crippen LogP contribution in [-0.2, 0) is 16.3 Å². The van der Waals surface area contributed by atoms with Crippen LogP contribution in [0.4, 0.5) is 11.6 Å². The number of fused-ring (bicyclic) bond motifs is 1. The number of aromatic nitrogens is 2. The lowest BCUT2D eigenvalue weighted by molar-refractivity contribution is 0.461. The molecule has 0 aliphatic heterocycles. The van der Waals surface area contributed by atoms with Crippen molar-refractivity contribution in [3.8, 4) is 5.75 Å². The van der Waals surface area contributed by atoms with Crippen LogP contribution < -0.4 is 16.8 Å². The Morgan fingerprint density at radius 3 is 2.60 bits per heavy atom. The first-order valence-electron chi connectivity index (χ1n) is 9.90. The maximum absolute atomic E-state index is 13.4. The summed E-state index contributed by atoms with van der Waals surface area (Å²) in [5.74, 6) is 0.213. The normalized spacial score (nSPS) is 14.2. The zero-order valence-electron chi connectivity index (χ0n) is 17.4.